The van der Waals surface area contributed by atoms with E-state index in [1.165, 1.54) is 6.07 Å². The summed E-state index contributed by atoms with van der Waals surface area (Å²) >= 11 is 0. The third-order valence-corrected chi connectivity index (χ3v) is 6.12. The Morgan fingerprint density at radius 2 is 1.97 bits per heavy atom. The molecule has 2 aromatic carbocycles. The molecule has 0 saturated carbocycles. The highest BCUT2D eigenvalue weighted by Gasteiger charge is 2.32. The number of carboxylic acid groups (broad SMARTS) is 1. The predicted molar refractivity (Wildman–Crippen MR) is 130 cm³/mol. The molecule has 1 atom stereocenters. The van der Waals surface area contributed by atoms with Crippen LogP contribution in [0.3, 0.4) is 0 Å². The number of rotatable bonds is 5. The number of anilines is 2. The average molecular weight is 518 g/mol. The first-order valence-electron chi connectivity index (χ1n) is 11.7. The number of carbonyl (C=O) groups excluding carboxylic acids is 1. The van der Waals surface area contributed by atoms with Crippen LogP contribution >= 0.6 is 0 Å². The van der Waals surface area contributed by atoms with Crippen LogP contribution in [0.2, 0.25) is 0 Å². The highest BCUT2D eigenvalue weighted by Crippen LogP contribution is 2.35. The number of nitrogens with zero attached hydrogens (tertiary/aromatic N) is 1. The first-order valence-corrected chi connectivity index (χ1v) is 11.7. The van der Waals surface area contributed by atoms with Gasteiger partial charge in [0.15, 0.2) is 6.10 Å². The van der Waals surface area contributed by atoms with E-state index < -0.39 is 24.3 Å². The van der Waals surface area contributed by atoms with Gasteiger partial charge in [0, 0.05) is 11.6 Å². The summed E-state index contributed by atoms with van der Waals surface area (Å²) in [6, 6.07) is 9.04. The summed E-state index contributed by atoms with van der Waals surface area (Å²) in [7, 11) is 0. The van der Waals surface area contributed by atoms with Gasteiger partial charge < -0.3 is 25.2 Å². The minimum absolute atomic E-state index is 0.0491. The Kier molecular flexibility index (Phi) is 7.78. The molecule has 196 valence electrons. The molecular formula is C26H26F3N3O5. The number of alkyl halides is 3. The van der Waals surface area contributed by atoms with Crippen molar-refractivity contribution in [2.75, 3.05) is 36.8 Å². The number of carboxylic acids is 1. The highest BCUT2D eigenvalue weighted by molar-refractivity contribution is 5.96. The van der Waals surface area contributed by atoms with Gasteiger partial charge >= 0.3 is 12.3 Å². The van der Waals surface area contributed by atoms with Crippen molar-refractivity contribution in [3.63, 3.8) is 0 Å². The number of aliphatic carboxylic acids is 1. The van der Waals surface area contributed by atoms with E-state index >= 15 is 0 Å². The predicted octanol–water partition coefficient (Wildman–Crippen LogP) is 3.85. The number of benzene rings is 2. The van der Waals surface area contributed by atoms with Crippen LogP contribution < -0.4 is 20.1 Å². The second kappa shape index (κ2) is 11.0. The highest BCUT2D eigenvalue weighted by atomic mass is 19.4. The number of ether oxygens (including phenoxy) is 2. The van der Waals surface area contributed by atoms with Crippen LogP contribution in [-0.4, -0.2) is 60.5 Å². The Morgan fingerprint density at radius 1 is 1.22 bits per heavy atom. The van der Waals surface area contributed by atoms with Gasteiger partial charge in [-0.2, -0.15) is 0 Å². The fraction of sp³-hybridized carbons (Fsp3) is 0.385. The normalized spacial score (nSPS) is 17.9. The number of hydrogen-bond donors (Lipinski definition) is 3. The van der Waals surface area contributed by atoms with Crippen LogP contribution in [0.4, 0.5) is 24.5 Å². The molecule has 0 spiro atoms. The number of amides is 1. The maximum absolute atomic E-state index is 12.9. The third kappa shape index (κ3) is 7.07. The van der Waals surface area contributed by atoms with Crippen LogP contribution in [0.15, 0.2) is 36.4 Å². The molecule has 2 aliphatic rings. The molecule has 1 fully saturated rings. The van der Waals surface area contributed by atoms with Gasteiger partial charge in [-0.05, 0) is 62.7 Å². The second-order valence-electron chi connectivity index (χ2n) is 8.92. The first kappa shape index (κ1) is 26.2. The zero-order valence-corrected chi connectivity index (χ0v) is 20.0. The van der Waals surface area contributed by atoms with Crippen LogP contribution in [0.1, 0.15) is 24.0 Å². The zero-order valence-electron chi connectivity index (χ0n) is 20.0. The van der Waals surface area contributed by atoms with Crippen LogP contribution in [0.25, 0.3) is 0 Å². The maximum atomic E-state index is 12.9. The van der Waals surface area contributed by atoms with Crippen LogP contribution in [0.5, 0.6) is 11.5 Å². The van der Waals surface area contributed by atoms with E-state index in [0.717, 1.165) is 17.7 Å². The van der Waals surface area contributed by atoms with E-state index in [4.69, 9.17) is 9.84 Å². The number of nitrogens with one attached hydrogen (secondary N) is 2. The number of likely N-dealkylation sites (tertiary alicyclic amines) is 1. The van der Waals surface area contributed by atoms with Crippen molar-refractivity contribution in [1.82, 2.24) is 4.90 Å². The standard InChI is InChI=1S/C26H26F3N3O5/c1-16-4-6-20(18(13-16)3-2-10-32-11-8-17(9-12-32)25(34)35)31-24(33)23-15-30-21-14-19(37-26(27,28)29)5-7-22(21)36-23/h4-7,13-14,17,23,30H,8-12,15H2,1H3,(H,31,33)(H,34,35). The number of carbonyl (C=O) groups is 2. The minimum Gasteiger partial charge on any atom is -0.481 e. The van der Waals surface area contributed by atoms with Gasteiger partial charge in [-0.1, -0.05) is 17.9 Å². The monoisotopic (exact) mass is 517 g/mol. The number of fused-ring (bicyclic) bond motifs is 1. The van der Waals surface area contributed by atoms with E-state index in [9.17, 15) is 22.8 Å². The number of halogens is 3. The fourth-order valence-electron chi connectivity index (χ4n) is 4.16. The van der Waals surface area contributed by atoms with Gasteiger partial charge in [0.25, 0.3) is 5.91 Å². The molecule has 2 heterocycles. The molecule has 0 radical (unpaired) electrons. The van der Waals surface area contributed by atoms with E-state index in [-0.39, 0.29) is 24.0 Å². The molecule has 1 saturated heterocycles. The summed E-state index contributed by atoms with van der Waals surface area (Å²) in [5, 5.41) is 14.9. The van der Waals surface area contributed by atoms with Gasteiger partial charge in [0.05, 0.1) is 30.4 Å². The topological polar surface area (TPSA) is 100 Å². The quantitative estimate of drug-likeness (QED) is 0.518. The van der Waals surface area contributed by atoms with E-state index in [0.29, 0.717) is 49.4 Å². The summed E-state index contributed by atoms with van der Waals surface area (Å²) in [5.41, 5.74) is 2.40. The van der Waals surface area contributed by atoms with Gasteiger partial charge in [0.2, 0.25) is 0 Å². The molecule has 2 aliphatic heterocycles. The molecular weight excluding hydrogens is 491 g/mol. The van der Waals surface area contributed by atoms with Gasteiger partial charge in [-0.25, -0.2) is 0 Å². The summed E-state index contributed by atoms with van der Waals surface area (Å²) in [6.45, 7) is 3.78. The minimum atomic E-state index is -4.81. The lowest BCUT2D eigenvalue weighted by atomic mass is 9.97. The smallest absolute Gasteiger partial charge is 0.481 e. The molecule has 1 unspecified atom stereocenters. The average Bonchev–Trinajstić information content (AvgIpc) is 2.84. The molecule has 11 heteroatoms. The largest absolute Gasteiger partial charge is 0.573 e. The molecule has 4 rings (SSSR count). The Hall–Kier alpha value is -3.91. The Morgan fingerprint density at radius 3 is 2.68 bits per heavy atom. The second-order valence-corrected chi connectivity index (χ2v) is 8.92. The zero-order chi connectivity index (χ0) is 26.6. The SMILES string of the molecule is Cc1ccc(NC(=O)C2CNc3cc(OC(F)(F)F)ccc3O2)c(C#CCN2CCC(C(=O)O)CC2)c1. The molecule has 1 amide bonds. The van der Waals surface area contributed by atoms with Crippen molar-refractivity contribution in [1.29, 1.82) is 0 Å². The third-order valence-electron chi connectivity index (χ3n) is 6.12. The number of aryl methyl sites for hydroxylation is 1. The van der Waals surface area contributed by atoms with Gasteiger partial charge in [-0.15, -0.1) is 13.2 Å². The fourth-order valence-corrected chi connectivity index (χ4v) is 4.16. The Bertz CT molecular complexity index is 1230. The maximum Gasteiger partial charge on any atom is 0.573 e. The van der Waals surface area contributed by atoms with Crippen molar-refractivity contribution in [3.05, 3.63) is 47.5 Å². The number of hydrogen-bond acceptors (Lipinski definition) is 6. The molecule has 0 aliphatic carbocycles. The molecule has 37 heavy (non-hydrogen) atoms. The lowest BCUT2D eigenvalue weighted by Gasteiger charge is -2.28. The van der Waals surface area contributed by atoms with E-state index in [1.807, 2.05) is 19.1 Å². The van der Waals surface area contributed by atoms with Gasteiger partial charge in [-0.3, -0.25) is 14.5 Å². The van der Waals surface area contributed by atoms with Crippen molar-refractivity contribution < 1.29 is 37.3 Å². The lowest BCUT2D eigenvalue weighted by molar-refractivity contribution is -0.274. The molecule has 0 bridgehead atoms. The van der Waals surface area contributed by atoms with Crippen molar-refractivity contribution in [2.45, 2.75) is 32.2 Å². The summed E-state index contributed by atoms with van der Waals surface area (Å²) in [5.74, 6) is 4.56. The van der Waals surface area contributed by atoms with Crippen LogP contribution in [0, 0.1) is 24.7 Å². The summed E-state index contributed by atoms with van der Waals surface area (Å²) in [4.78, 5) is 26.1. The Balaban J connectivity index is 1.38. The molecule has 3 N–H and O–H groups in total. The number of piperidine rings is 1. The van der Waals surface area contributed by atoms with Crippen molar-refractivity contribution in [2.24, 2.45) is 5.92 Å². The van der Waals surface area contributed by atoms with E-state index in [2.05, 4.69) is 32.1 Å². The van der Waals surface area contributed by atoms with E-state index in [1.54, 1.807) is 6.07 Å². The lowest BCUT2D eigenvalue weighted by Crippen LogP contribution is -2.41. The summed E-state index contributed by atoms with van der Waals surface area (Å²) < 4.78 is 47.0. The Labute approximate surface area is 211 Å². The van der Waals surface area contributed by atoms with Crippen LogP contribution in [-0.2, 0) is 9.59 Å². The molecule has 8 nitrogen and oxygen atoms in total. The van der Waals surface area contributed by atoms with Gasteiger partial charge in [0.1, 0.15) is 11.5 Å². The summed E-state index contributed by atoms with van der Waals surface area (Å²) in [6.07, 6.45) is -4.53. The molecule has 0 aromatic heterocycles. The molecule has 2 aromatic rings. The van der Waals surface area contributed by atoms with Crippen molar-refractivity contribution >= 4 is 23.3 Å². The first-order chi connectivity index (χ1) is 17.6. The van der Waals surface area contributed by atoms with Crippen molar-refractivity contribution in [3.8, 4) is 23.3 Å².